The number of nitrogens with one attached hydrogen (secondary N) is 1. The highest BCUT2D eigenvalue weighted by atomic mass is 79.9. The highest BCUT2D eigenvalue weighted by molar-refractivity contribution is 9.10. The van der Waals surface area contributed by atoms with Gasteiger partial charge < -0.3 is 19.7 Å². The van der Waals surface area contributed by atoms with E-state index in [0.29, 0.717) is 21.5 Å². The quantitative estimate of drug-likeness (QED) is 0.812. The van der Waals surface area contributed by atoms with Gasteiger partial charge >= 0.3 is 0 Å². The van der Waals surface area contributed by atoms with Gasteiger partial charge in [-0.25, -0.2) is 0 Å². The number of hydrogen-bond acceptors (Lipinski definition) is 4. The molecule has 0 saturated carbocycles. The molecule has 2 aromatic rings. The Labute approximate surface area is 150 Å². The van der Waals surface area contributed by atoms with Crippen molar-refractivity contribution >= 4 is 27.5 Å². The Kier molecular flexibility index (Phi) is 6.23. The summed E-state index contributed by atoms with van der Waals surface area (Å²) in [7, 11) is 7.11. The van der Waals surface area contributed by atoms with Crippen LogP contribution < -0.4 is 14.8 Å². The molecular weight excluding hydrogens is 372 g/mol. The fourth-order valence-electron chi connectivity index (χ4n) is 2.32. The number of rotatable bonds is 6. The summed E-state index contributed by atoms with van der Waals surface area (Å²) in [6.07, 6.45) is 0. The van der Waals surface area contributed by atoms with Crippen molar-refractivity contribution in [3.8, 4) is 11.5 Å². The van der Waals surface area contributed by atoms with Gasteiger partial charge in [-0.1, -0.05) is 12.1 Å². The molecule has 0 heterocycles. The lowest BCUT2D eigenvalue weighted by Gasteiger charge is -2.13. The van der Waals surface area contributed by atoms with E-state index in [9.17, 15) is 4.79 Å². The van der Waals surface area contributed by atoms with Gasteiger partial charge in [0.05, 0.1) is 14.2 Å². The topological polar surface area (TPSA) is 50.8 Å². The number of nitrogens with zero attached hydrogens (tertiary/aromatic N) is 1. The van der Waals surface area contributed by atoms with Crippen molar-refractivity contribution in [3.05, 3.63) is 52.0 Å². The van der Waals surface area contributed by atoms with Crippen LogP contribution in [-0.2, 0) is 6.54 Å². The van der Waals surface area contributed by atoms with Gasteiger partial charge in [-0.3, -0.25) is 4.79 Å². The first-order chi connectivity index (χ1) is 11.4. The van der Waals surface area contributed by atoms with Crippen LogP contribution in [0.2, 0.25) is 0 Å². The number of halogens is 1. The molecule has 1 amide bonds. The molecule has 128 valence electrons. The first-order valence-electron chi connectivity index (χ1n) is 7.41. The van der Waals surface area contributed by atoms with Crippen LogP contribution in [0.15, 0.2) is 40.9 Å². The smallest absolute Gasteiger partial charge is 0.255 e. The van der Waals surface area contributed by atoms with Crippen LogP contribution in [0, 0.1) is 0 Å². The summed E-state index contributed by atoms with van der Waals surface area (Å²) in [5, 5.41) is 2.91. The Hall–Kier alpha value is -2.05. The number of carbonyl (C=O) groups is 1. The SMILES string of the molecule is COc1cc(C(=O)Nc2cccc(CN(C)C)c2)cc(OC)c1Br. The van der Waals surface area contributed by atoms with E-state index in [4.69, 9.17) is 9.47 Å². The van der Waals surface area contributed by atoms with Crippen LogP contribution in [0.25, 0.3) is 0 Å². The molecule has 0 aliphatic rings. The zero-order chi connectivity index (χ0) is 17.7. The molecule has 0 aromatic heterocycles. The van der Waals surface area contributed by atoms with Crippen LogP contribution in [0.5, 0.6) is 11.5 Å². The van der Waals surface area contributed by atoms with Crippen LogP contribution in [0.3, 0.4) is 0 Å². The molecule has 0 atom stereocenters. The first-order valence-corrected chi connectivity index (χ1v) is 8.20. The maximum atomic E-state index is 12.5. The van der Waals surface area contributed by atoms with Gasteiger partial charge in [0.2, 0.25) is 0 Å². The van der Waals surface area contributed by atoms with E-state index < -0.39 is 0 Å². The van der Waals surface area contributed by atoms with E-state index >= 15 is 0 Å². The molecular formula is C18H21BrN2O3. The van der Waals surface area contributed by atoms with Crippen molar-refractivity contribution in [3.63, 3.8) is 0 Å². The third kappa shape index (κ3) is 4.49. The zero-order valence-electron chi connectivity index (χ0n) is 14.2. The molecule has 0 spiro atoms. The first kappa shape index (κ1) is 18.3. The van der Waals surface area contributed by atoms with E-state index in [1.54, 1.807) is 26.4 Å². The summed E-state index contributed by atoms with van der Waals surface area (Å²) < 4.78 is 11.2. The standard InChI is InChI=1S/C18H21BrN2O3/c1-21(2)11-12-6-5-7-14(8-12)20-18(22)13-9-15(23-3)17(19)16(10-13)24-4/h5-10H,11H2,1-4H3,(H,20,22). The lowest BCUT2D eigenvalue weighted by Crippen LogP contribution is -2.14. The number of methoxy groups -OCH3 is 2. The Bertz CT molecular complexity index is 707. The van der Waals surface area contributed by atoms with Gasteiger partial charge in [-0.15, -0.1) is 0 Å². The normalized spacial score (nSPS) is 10.6. The molecule has 0 radical (unpaired) electrons. The number of carbonyl (C=O) groups excluding carboxylic acids is 1. The van der Waals surface area contributed by atoms with E-state index in [1.807, 2.05) is 38.4 Å². The minimum Gasteiger partial charge on any atom is -0.495 e. The number of amides is 1. The van der Waals surface area contributed by atoms with E-state index in [-0.39, 0.29) is 5.91 Å². The molecule has 0 aliphatic heterocycles. The van der Waals surface area contributed by atoms with Crippen LogP contribution in [-0.4, -0.2) is 39.1 Å². The summed E-state index contributed by atoms with van der Waals surface area (Å²) in [6, 6.07) is 11.1. The summed E-state index contributed by atoms with van der Waals surface area (Å²) in [4.78, 5) is 14.6. The summed E-state index contributed by atoms with van der Waals surface area (Å²) >= 11 is 3.40. The Balaban J connectivity index is 2.24. The molecule has 2 aromatic carbocycles. The summed E-state index contributed by atoms with van der Waals surface area (Å²) in [6.45, 7) is 0.809. The maximum absolute atomic E-state index is 12.5. The fraction of sp³-hybridized carbons (Fsp3) is 0.278. The fourth-order valence-corrected chi connectivity index (χ4v) is 2.87. The van der Waals surface area contributed by atoms with Gasteiger partial charge in [0, 0.05) is 17.8 Å². The third-order valence-electron chi connectivity index (χ3n) is 3.39. The minimum absolute atomic E-state index is 0.221. The maximum Gasteiger partial charge on any atom is 0.255 e. The number of benzene rings is 2. The lowest BCUT2D eigenvalue weighted by atomic mass is 10.1. The third-order valence-corrected chi connectivity index (χ3v) is 4.17. The van der Waals surface area contributed by atoms with Crippen molar-refractivity contribution < 1.29 is 14.3 Å². The zero-order valence-corrected chi connectivity index (χ0v) is 15.8. The largest absolute Gasteiger partial charge is 0.495 e. The predicted octanol–water partition coefficient (Wildman–Crippen LogP) is 3.78. The van der Waals surface area contributed by atoms with Crippen molar-refractivity contribution in [1.82, 2.24) is 4.90 Å². The molecule has 6 heteroatoms. The van der Waals surface area contributed by atoms with Crippen LogP contribution in [0.4, 0.5) is 5.69 Å². The number of ether oxygens (including phenoxy) is 2. The second-order valence-electron chi connectivity index (χ2n) is 5.59. The van der Waals surface area contributed by atoms with Gasteiger partial charge in [0.15, 0.2) is 0 Å². The van der Waals surface area contributed by atoms with Crippen molar-refractivity contribution in [2.24, 2.45) is 0 Å². The Morgan fingerprint density at radius 2 is 1.75 bits per heavy atom. The van der Waals surface area contributed by atoms with Crippen LogP contribution in [0.1, 0.15) is 15.9 Å². The van der Waals surface area contributed by atoms with Crippen molar-refractivity contribution in [1.29, 1.82) is 0 Å². The minimum atomic E-state index is -0.221. The molecule has 1 N–H and O–H groups in total. The predicted molar refractivity (Wildman–Crippen MR) is 99.0 cm³/mol. The number of anilines is 1. The number of hydrogen-bond donors (Lipinski definition) is 1. The highest BCUT2D eigenvalue weighted by Crippen LogP contribution is 2.35. The summed E-state index contributed by atoms with van der Waals surface area (Å²) in [5.74, 6) is 0.864. The van der Waals surface area contributed by atoms with E-state index in [2.05, 4.69) is 26.1 Å². The van der Waals surface area contributed by atoms with E-state index in [0.717, 1.165) is 17.8 Å². The molecule has 0 fully saturated rings. The monoisotopic (exact) mass is 392 g/mol. The van der Waals surface area contributed by atoms with Gasteiger partial charge in [-0.2, -0.15) is 0 Å². The van der Waals surface area contributed by atoms with Gasteiger partial charge in [0.1, 0.15) is 16.0 Å². The highest BCUT2D eigenvalue weighted by Gasteiger charge is 2.15. The molecule has 0 aliphatic carbocycles. The molecule has 0 unspecified atom stereocenters. The van der Waals surface area contributed by atoms with Gasteiger partial charge in [-0.05, 0) is 59.9 Å². The average Bonchev–Trinajstić information content (AvgIpc) is 2.54. The molecule has 2 rings (SSSR count). The lowest BCUT2D eigenvalue weighted by molar-refractivity contribution is 0.102. The van der Waals surface area contributed by atoms with Crippen LogP contribution >= 0.6 is 15.9 Å². The molecule has 24 heavy (non-hydrogen) atoms. The Morgan fingerprint density at radius 1 is 1.12 bits per heavy atom. The summed E-state index contributed by atoms with van der Waals surface area (Å²) in [5.41, 5.74) is 2.34. The van der Waals surface area contributed by atoms with Gasteiger partial charge in [0.25, 0.3) is 5.91 Å². The molecule has 0 saturated heterocycles. The second-order valence-corrected chi connectivity index (χ2v) is 6.38. The van der Waals surface area contributed by atoms with Crippen molar-refractivity contribution in [2.45, 2.75) is 6.54 Å². The van der Waals surface area contributed by atoms with Crippen molar-refractivity contribution in [2.75, 3.05) is 33.6 Å². The second kappa shape index (κ2) is 8.17. The average molecular weight is 393 g/mol. The molecule has 0 bridgehead atoms. The Morgan fingerprint density at radius 3 is 2.29 bits per heavy atom. The molecule has 5 nitrogen and oxygen atoms in total. The van der Waals surface area contributed by atoms with E-state index in [1.165, 1.54) is 0 Å².